The Kier molecular flexibility index (Phi) is 6.49. The molecule has 2 aromatic heterocycles. The number of hydrogen-bond acceptors (Lipinski definition) is 4. The second-order valence-electron chi connectivity index (χ2n) is 14.0. The summed E-state index contributed by atoms with van der Waals surface area (Å²) < 4.78 is 13.2. The van der Waals surface area contributed by atoms with E-state index in [1.165, 1.54) is 27.1 Å². The SMILES string of the molecule is CC1=C(c2c(-c3cccc4c3oc3ccccc34)ccc3oc4ccccc4c23)N=C(c2ccc3ccccc3c2)NC1c1ccc2ccccc2c1. The third kappa shape index (κ3) is 4.66. The van der Waals surface area contributed by atoms with Gasteiger partial charge in [-0.15, -0.1) is 0 Å². The lowest BCUT2D eigenvalue weighted by molar-refractivity contribution is 0.668. The lowest BCUT2D eigenvalue weighted by Crippen LogP contribution is -2.33. The smallest absolute Gasteiger partial charge is 0.143 e. The van der Waals surface area contributed by atoms with Crippen molar-refractivity contribution in [3.63, 3.8) is 0 Å². The molecule has 250 valence electrons. The van der Waals surface area contributed by atoms with Gasteiger partial charge in [0.25, 0.3) is 0 Å². The van der Waals surface area contributed by atoms with Gasteiger partial charge in [0.2, 0.25) is 0 Å². The average Bonchev–Trinajstić information content (AvgIpc) is 3.79. The zero-order chi connectivity index (χ0) is 35.0. The van der Waals surface area contributed by atoms with Crippen molar-refractivity contribution in [3.05, 3.63) is 186 Å². The zero-order valence-corrected chi connectivity index (χ0v) is 28.9. The van der Waals surface area contributed by atoms with E-state index in [1.54, 1.807) is 0 Å². The van der Waals surface area contributed by atoms with Crippen LogP contribution in [0.1, 0.15) is 29.7 Å². The average molecular weight is 681 g/mol. The van der Waals surface area contributed by atoms with Crippen LogP contribution in [0.5, 0.6) is 0 Å². The second-order valence-corrected chi connectivity index (χ2v) is 14.0. The van der Waals surface area contributed by atoms with Crippen molar-refractivity contribution in [1.82, 2.24) is 5.32 Å². The molecule has 53 heavy (non-hydrogen) atoms. The van der Waals surface area contributed by atoms with E-state index in [2.05, 4.69) is 152 Å². The minimum absolute atomic E-state index is 0.142. The van der Waals surface area contributed by atoms with Gasteiger partial charge in [0.05, 0.1) is 11.7 Å². The van der Waals surface area contributed by atoms with Crippen LogP contribution in [0.3, 0.4) is 0 Å². The molecule has 1 N–H and O–H groups in total. The molecule has 0 amide bonds. The number of nitrogens with zero attached hydrogens (tertiary/aromatic N) is 1. The highest BCUT2D eigenvalue weighted by Gasteiger charge is 2.30. The highest BCUT2D eigenvalue weighted by atomic mass is 16.3. The largest absolute Gasteiger partial charge is 0.456 e. The van der Waals surface area contributed by atoms with E-state index >= 15 is 0 Å². The summed E-state index contributed by atoms with van der Waals surface area (Å²) in [7, 11) is 0. The Balaban J connectivity index is 1.24. The van der Waals surface area contributed by atoms with Gasteiger partial charge in [-0.05, 0) is 81.6 Å². The minimum Gasteiger partial charge on any atom is -0.456 e. The first-order valence-corrected chi connectivity index (χ1v) is 18.1. The number of benzene rings is 8. The van der Waals surface area contributed by atoms with Crippen molar-refractivity contribution in [2.24, 2.45) is 4.99 Å². The monoisotopic (exact) mass is 680 g/mol. The quantitative estimate of drug-likeness (QED) is 0.201. The van der Waals surface area contributed by atoms with Crippen LogP contribution in [0.15, 0.2) is 183 Å². The summed E-state index contributed by atoms with van der Waals surface area (Å²) in [5.41, 5.74) is 10.8. The van der Waals surface area contributed by atoms with Gasteiger partial charge >= 0.3 is 0 Å². The van der Waals surface area contributed by atoms with Crippen molar-refractivity contribution in [1.29, 1.82) is 0 Å². The molecule has 1 aliphatic rings. The molecule has 0 bridgehead atoms. The Morgan fingerprint density at radius 1 is 0.509 bits per heavy atom. The van der Waals surface area contributed by atoms with Crippen molar-refractivity contribution in [2.75, 3.05) is 0 Å². The van der Waals surface area contributed by atoms with Gasteiger partial charge < -0.3 is 14.2 Å². The summed E-state index contributed by atoms with van der Waals surface area (Å²) in [5.74, 6) is 0.826. The summed E-state index contributed by atoms with van der Waals surface area (Å²) in [6.07, 6.45) is 0. The first kappa shape index (κ1) is 29.8. The summed E-state index contributed by atoms with van der Waals surface area (Å²) in [6.45, 7) is 2.22. The Morgan fingerprint density at radius 2 is 1.17 bits per heavy atom. The van der Waals surface area contributed by atoms with Crippen LogP contribution in [-0.2, 0) is 0 Å². The Morgan fingerprint density at radius 3 is 1.98 bits per heavy atom. The van der Waals surface area contributed by atoms with Gasteiger partial charge in [-0.3, -0.25) is 0 Å². The van der Waals surface area contributed by atoms with E-state index in [4.69, 9.17) is 13.8 Å². The third-order valence-electron chi connectivity index (χ3n) is 10.9. The van der Waals surface area contributed by atoms with Crippen LogP contribution in [0, 0.1) is 0 Å². The Bertz CT molecular complexity index is 3180. The summed E-state index contributed by atoms with van der Waals surface area (Å²) in [5, 5.41) is 13.0. The molecular formula is C49H32N2O2. The highest BCUT2D eigenvalue weighted by Crippen LogP contribution is 2.47. The molecule has 4 heteroatoms. The molecule has 11 rings (SSSR count). The van der Waals surface area contributed by atoms with Crippen molar-refractivity contribution >= 4 is 77.0 Å². The number of fused-ring (bicyclic) bond motifs is 8. The van der Waals surface area contributed by atoms with Crippen LogP contribution in [0.2, 0.25) is 0 Å². The zero-order valence-electron chi connectivity index (χ0n) is 28.9. The number of aliphatic imine (C=N–C) groups is 1. The van der Waals surface area contributed by atoms with Gasteiger partial charge in [0.1, 0.15) is 28.2 Å². The van der Waals surface area contributed by atoms with Crippen LogP contribution >= 0.6 is 0 Å². The predicted octanol–water partition coefficient (Wildman–Crippen LogP) is 13.0. The van der Waals surface area contributed by atoms with Crippen LogP contribution < -0.4 is 5.32 Å². The lowest BCUT2D eigenvalue weighted by atomic mass is 9.87. The van der Waals surface area contributed by atoms with Gasteiger partial charge in [0, 0.05) is 38.2 Å². The fourth-order valence-electron chi connectivity index (χ4n) is 8.32. The summed E-state index contributed by atoms with van der Waals surface area (Å²) in [4.78, 5) is 5.61. The highest BCUT2D eigenvalue weighted by molar-refractivity contribution is 6.18. The summed E-state index contributed by atoms with van der Waals surface area (Å²) >= 11 is 0. The lowest BCUT2D eigenvalue weighted by Gasteiger charge is -2.30. The third-order valence-corrected chi connectivity index (χ3v) is 10.9. The van der Waals surface area contributed by atoms with Crippen LogP contribution in [0.4, 0.5) is 0 Å². The number of amidine groups is 1. The van der Waals surface area contributed by atoms with Gasteiger partial charge in [-0.1, -0.05) is 127 Å². The molecule has 0 radical (unpaired) electrons. The number of para-hydroxylation sites is 3. The second kappa shape index (κ2) is 11.6. The number of furan rings is 2. The van der Waals surface area contributed by atoms with E-state index < -0.39 is 0 Å². The normalized spacial score (nSPS) is 14.9. The van der Waals surface area contributed by atoms with Crippen LogP contribution in [0.25, 0.3) is 82.2 Å². The van der Waals surface area contributed by atoms with Gasteiger partial charge in [0.15, 0.2) is 0 Å². The molecule has 1 unspecified atom stereocenters. The van der Waals surface area contributed by atoms with Crippen molar-refractivity contribution in [3.8, 4) is 11.1 Å². The molecule has 1 atom stereocenters. The molecule has 4 nitrogen and oxygen atoms in total. The Hall–Kier alpha value is -6.91. The molecular weight excluding hydrogens is 649 g/mol. The maximum absolute atomic E-state index is 6.66. The molecule has 0 saturated carbocycles. The van der Waals surface area contributed by atoms with E-state index in [-0.39, 0.29) is 6.04 Å². The predicted molar refractivity (Wildman–Crippen MR) is 219 cm³/mol. The standard InChI is InChI=1S/C49H32N2O2/c1-29-46(34-23-21-30-11-2-4-13-32(30)27-34)50-49(35-24-22-31-12-3-5-14-33(31)28-35)51-47(29)45-37(25-26-43-44(45)40-16-7-9-20-42(40)52-43)39-18-10-17-38-36-15-6-8-19-41(36)53-48(38)39/h2-28,46H,1H3,(H,50,51). The Labute approximate surface area is 305 Å². The number of rotatable bonds is 4. The fourth-order valence-corrected chi connectivity index (χ4v) is 8.32. The number of hydrogen-bond donors (Lipinski definition) is 1. The first-order valence-electron chi connectivity index (χ1n) is 18.1. The molecule has 0 aliphatic carbocycles. The van der Waals surface area contributed by atoms with E-state index in [1.807, 2.05) is 24.3 Å². The topological polar surface area (TPSA) is 50.7 Å². The van der Waals surface area contributed by atoms with Crippen LogP contribution in [-0.4, -0.2) is 5.84 Å². The van der Waals surface area contributed by atoms with Crippen molar-refractivity contribution < 1.29 is 8.83 Å². The molecule has 1 aliphatic heterocycles. The van der Waals surface area contributed by atoms with E-state index in [0.717, 1.165) is 83.2 Å². The van der Waals surface area contributed by atoms with Gasteiger partial charge in [-0.2, -0.15) is 0 Å². The maximum Gasteiger partial charge on any atom is 0.143 e. The molecule has 0 fully saturated rings. The molecule has 10 aromatic rings. The first-order chi connectivity index (χ1) is 26.2. The molecule has 3 heterocycles. The molecule has 8 aromatic carbocycles. The number of nitrogens with one attached hydrogen (secondary N) is 1. The molecule has 0 saturated heterocycles. The van der Waals surface area contributed by atoms with E-state index in [0.29, 0.717) is 0 Å². The van der Waals surface area contributed by atoms with Crippen molar-refractivity contribution in [2.45, 2.75) is 13.0 Å². The minimum atomic E-state index is -0.142. The fraction of sp³-hybridized carbons (Fsp3) is 0.0408. The summed E-state index contributed by atoms with van der Waals surface area (Å²) in [6, 6.07) is 57.6. The van der Waals surface area contributed by atoms with E-state index in [9.17, 15) is 0 Å². The molecule has 0 spiro atoms. The van der Waals surface area contributed by atoms with Gasteiger partial charge in [-0.25, -0.2) is 4.99 Å². The maximum atomic E-state index is 6.66.